The zero-order valence-corrected chi connectivity index (χ0v) is 13.0. The number of carbonyl (C=O) groups is 2. The second-order valence-electron chi connectivity index (χ2n) is 5.85. The SMILES string of the molecule is Cc1ccc(C(=O)NCCNC(=O)C2CCCCC2)cc1F. The van der Waals surface area contributed by atoms with E-state index in [2.05, 4.69) is 10.6 Å². The average Bonchev–Trinajstić information content (AvgIpc) is 2.54. The van der Waals surface area contributed by atoms with E-state index in [0.717, 1.165) is 25.7 Å². The van der Waals surface area contributed by atoms with Crippen molar-refractivity contribution in [3.05, 3.63) is 35.1 Å². The summed E-state index contributed by atoms with van der Waals surface area (Å²) in [5, 5.41) is 5.54. The monoisotopic (exact) mass is 306 g/mol. The Morgan fingerprint density at radius 1 is 1.14 bits per heavy atom. The third-order valence-corrected chi connectivity index (χ3v) is 4.12. The summed E-state index contributed by atoms with van der Waals surface area (Å²) in [5.74, 6) is -0.518. The highest BCUT2D eigenvalue weighted by Gasteiger charge is 2.20. The second-order valence-corrected chi connectivity index (χ2v) is 5.85. The van der Waals surface area contributed by atoms with E-state index in [1.807, 2.05) is 0 Å². The molecular weight excluding hydrogens is 283 g/mol. The van der Waals surface area contributed by atoms with E-state index in [0.29, 0.717) is 24.2 Å². The number of amides is 2. The molecule has 0 atom stereocenters. The third-order valence-electron chi connectivity index (χ3n) is 4.12. The summed E-state index contributed by atoms with van der Waals surface area (Å²) in [4.78, 5) is 23.8. The molecule has 2 N–H and O–H groups in total. The van der Waals surface area contributed by atoms with Gasteiger partial charge >= 0.3 is 0 Å². The minimum atomic E-state index is -0.391. The van der Waals surface area contributed by atoms with Crippen LogP contribution in [0.15, 0.2) is 18.2 Å². The van der Waals surface area contributed by atoms with Crippen molar-refractivity contribution < 1.29 is 14.0 Å². The number of rotatable bonds is 5. The van der Waals surface area contributed by atoms with Gasteiger partial charge in [0, 0.05) is 24.6 Å². The highest BCUT2D eigenvalue weighted by Crippen LogP contribution is 2.23. The van der Waals surface area contributed by atoms with Crippen LogP contribution in [-0.2, 0) is 4.79 Å². The van der Waals surface area contributed by atoms with Gasteiger partial charge in [0.1, 0.15) is 5.82 Å². The summed E-state index contributed by atoms with van der Waals surface area (Å²) in [6.45, 7) is 2.39. The number of hydrogen-bond acceptors (Lipinski definition) is 2. The molecule has 0 saturated heterocycles. The van der Waals surface area contributed by atoms with Crippen LogP contribution in [0.4, 0.5) is 4.39 Å². The smallest absolute Gasteiger partial charge is 0.251 e. The first-order chi connectivity index (χ1) is 10.6. The fourth-order valence-corrected chi connectivity index (χ4v) is 2.71. The van der Waals surface area contributed by atoms with Gasteiger partial charge in [-0.3, -0.25) is 9.59 Å². The Labute approximate surface area is 130 Å². The largest absolute Gasteiger partial charge is 0.354 e. The molecule has 1 fully saturated rings. The minimum Gasteiger partial charge on any atom is -0.354 e. The van der Waals surface area contributed by atoms with Crippen LogP contribution in [0.2, 0.25) is 0 Å². The zero-order valence-electron chi connectivity index (χ0n) is 13.0. The molecule has 1 aliphatic carbocycles. The quantitative estimate of drug-likeness (QED) is 0.821. The number of carbonyl (C=O) groups excluding carboxylic acids is 2. The molecule has 5 heteroatoms. The van der Waals surface area contributed by atoms with Gasteiger partial charge in [-0.25, -0.2) is 4.39 Å². The fourth-order valence-electron chi connectivity index (χ4n) is 2.71. The van der Waals surface area contributed by atoms with Gasteiger partial charge < -0.3 is 10.6 Å². The normalized spacial score (nSPS) is 15.4. The van der Waals surface area contributed by atoms with Crippen LogP contribution in [0.3, 0.4) is 0 Å². The van der Waals surface area contributed by atoms with E-state index in [9.17, 15) is 14.0 Å². The van der Waals surface area contributed by atoms with Crippen LogP contribution in [0, 0.1) is 18.7 Å². The molecule has 0 heterocycles. The molecule has 1 saturated carbocycles. The van der Waals surface area contributed by atoms with Crippen molar-refractivity contribution in [1.29, 1.82) is 0 Å². The van der Waals surface area contributed by atoms with E-state index in [4.69, 9.17) is 0 Å². The van der Waals surface area contributed by atoms with Crippen LogP contribution < -0.4 is 10.6 Å². The topological polar surface area (TPSA) is 58.2 Å². The Kier molecular flexibility index (Phi) is 5.92. The molecular formula is C17H23FN2O2. The molecule has 4 nitrogen and oxygen atoms in total. The van der Waals surface area contributed by atoms with Gasteiger partial charge in [-0.05, 0) is 37.5 Å². The molecule has 2 amide bonds. The summed E-state index contributed by atoms with van der Waals surface area (Å²) in [6, 6.07) is 4.40. The fraction of sp³-hybridized carbons (Fsp3) is 0.529. The van der Waals surface area contributed by atoms with Crippen molar-refractivity contribution in [3.8, 4) is 0 Å². The molecule has 1 aromatic rings. The summed E-state index contributed by atoms with van der Waals surface area (Å²) < 4.78 is 13.4. The van der Waals surface area contributed by atoms with Crippen LogP contribution in [0.25, 0.3) is 0 Å². The van der Waals surface area contributed by atoms with Gasteiger partial charge in [0.15, 0.2) is 0 Å². The maximum atomic E-state index is 13.4. The highest BCUT2D eigenvalue weighted by molar-refractivity contribution is 5.94. The number of hydrogen-bond donors (Lipinski definition) is 2. The molecule has 1 aliphatic rings. The van der Waals surface area contributed by atoms with Gasteiger partial charge in [0.2, 0.25) is 5.91 Å². The molecule has 22 heavy (non-hydrogen) atoms. The summed E-state index contributed by atoms with van der Waals surface area (Å²) in [5.41, 5.74) is 0.804. The molecule has 1 aromatic carbocycles. The Morgan fingerprint density at radius 3 is 2.50 bits per heavy atom. The lowest BCUT2D eigenvalue weighted by Gasteiger charge is -2.20. The molecule has 0 bridgehead atoms. The summed E-state index contributed by atoms with van der Waals surface area (Å²) in [7, 11) is 0. The van der Waals surface area contributed by atoms with Crippen molar-refractivity contribution in [2.24, 2.45) is 5.92 Å². The van der Waals surface area contributed by atoms with Crippen molar-refractivity contribution in [2.75, 3.05) is 13.1 Å². The van der Waals surface area contributed by atoms with Gasteiger partial charge in [-0.1, -0.05) is 25.3 Å². The Morgan fingerprint density at radius 2 is 1.82 bits per heavy atom. The number of benzene rings is 1. The van der Waals surface area contributed by atoms with Gasteiger partial charge in [0.05, 0.1) is 0 Å². The summed E-state index contributed by atoms with van der Waals surface area (Å²) >= 11 is 0. The number of aryl methyl sites for hydroxylation is 1. The van der Waals surface area contributed by atoms with Crippen LogP contribution in [0.1, 0.15) is 48.0 Å². The zero-order chi connectivity index (χ0) is 15.9. The maximum Gasteiger partial charge on any atom is 0.251 e. The van der Waals surface area contributed by atoms with E-state index >= 15 is 0 Å². The van der Waals surface area contributed by atoms with Crippen molar-refractivity contribution in [2.45, 2.75) is 39.0 Å². The van der Waals surface area contributed by atoms with E-state index in [1.54, 1.807) is 19.1 Å². The third kappa shape index (κ3) is 4.55. The molecule has 0 aliphatic heterocycles. The molecule has 0 spiro atoms. The maximum absolute atomic E-state index is 13.4. The molecule has 2 rings (SSSR count). The first-order valence-electron chi connectivity index (χ1n) is 7.90. The van der Waals surface area contributed by atoms with Gasteiger partial charge in [0.25, 0.3) is 5.91 Å². The minimum absolute atomic E-state index is 0.0790. The Hall–Kier alpha value is -1.91. The number of halogens is 1. The first-order valence-corrected chi connectivity index (χ1v) is 7.90. The van der Waals surface area contributed by atoms with Crippen molar-refractivity contribution in [3.63, 3.8) is 0 Å². The van der Waals surface area contributed by atoms with Gasteiger partial charge in [-0.15, -0.1) is 0 Å². The number of nitrogens with one attached hydrogen (secondary N) is 2. The molecule has 120 valence electrons. The van der Waals surface area contributed by atoms with Gasteiger partial charge in [-0.2, -0.15) is 0 Å². The predicted octanol–water partition coefficient (Wildman–Crippen LogP) is 2.56. The standard InChI is InChI=1S/C17H23FN2O2/c1-12-7-8-14(11-15(12)18)17(22)20-10-9-19-16(21)13-5-3-2-4-6-13/h7-8,11,13H,2-6,9-10H2,1H3,(H,19,21)(H,20,22). The second kappa shape index (κ2) is 7.92. The Balaban J connectivity index is 1.70. The summed E-state index contributed by atoms with van der Waals surface area (Å²) in [6.07, 6.45) is 5.37. The van der Waals surface area contributed by atoms with Crippen LogP contribution in [0.5, 0.6) is 0 Å². The average molecular weight is 306 g/mol. The predicted molar refractivity (Wildman–Crippen MR) is 83.1 cm³/mol. The Bertz CT molecular complexity index is 539. The molecule has 0 unspecified atom stereocenters. The van der Waals surface area contributed by atoms with E-state index < -0.39 is 5.82 Å². The lowest BCUT2D eigenvalue weighted by Crippen LogP contribution is -2.38. The molecule has 0 radical (unpaired) electrons. The van der Waals surface area contributed by atoms with Crippen LogP contribution >= 0.6 is 0 Å². The lowest BCUT2D eigenvalue weighted by atomic mass is 9.89. The highest BCUT2D eigenvalue weighted by atomic mass is 19.1. The van der Waals surface area contributed by atoms with Crippen molar-refractivity contribution >= 4 is 11.8 Å². The lowest BCUT2D eigenvalue weighted by molar-refractivity contribution is -0.125. The van der Waals surface area contributed by atoms with E-state index in [-0.39, 0.29) is 17.7 Å². The van der Waals surface area contributed by atoms with E-state index in [1.165, 1.54) is 12.5 Å². The molecule has 0 aromatic heterocycles. The van der Waals surface area contributed by atoms with Crippen molar-refractivity contribution in [1.82, 2.24) is 10.6 Å². The first kappa shape index (κ1) is 16.5. The van der Waals surface area contributed by atoms with Crippen LogP contribution in [-0.4, -0.2) is 24.9 Å².